The Bertz CT molecular complexity index is 233. The second-order valence-electron chi connectivity index (χ2n) is 2.47. The first-order valence-electron chi connectivity index (χ1n) is 3.28. The molecule has 0 saturated heterocycles. The smallest absolute Gasteiger partial charge is 0.326 e. The van der Waals surface area contributed by atoms with Crippen molar-refractivity contribution in [2.45, 2.75) is 13.8 Å². The van der Waals surface area contributed by atoms with Crippen LogP contribution in [0.15, 0.2) is 18.2 Å². The Morgan fingerprint density at radius 2 is 1.90 bits per heavy atom. The Labute approximate surface area is 62.0 Å². The second kappa shape index (κ2) is 2.89. The topological polar surface area (TPSA) is 20.2 Å². The van der Waals surface area contributed by atoms with E-state index in [1.807, 2.05) is 25.1 Å². The van der Waals surface area contributed by atoms with Crippen LogP contribution in [-0.2, 0) is 0 Å². The van der Waals surface area contributed by atoms with E-state index in [0.717, 1.165) is 12.9 Å². The highest BCUT2D eigenvalue weighted by Gasteiger charge is 1.94. The summed E-state index contributed by atoms with van der Waals surface area (Å²) in [6.07, 6.45) is 0. The lowest BCUT2D eigenvalue weighted by molar-refractivity contribution is 0.615. The molecule has 1 nitrogen and oxygen atoms in total. The summed E-state index contributed by atoms with van der Waals surface area (Å²) in [7, 11) is 1.12. The maximum atomic E-state index is 8.63. The molecule has 1 rings (SSSR count). The number of aryl methyl sites for hydroxylation is 2. The molecule has 51 valence electrons. The van der Waals surface area contributed by atoms with E-state index >= 15 is 0 Å². The van der Waals surface area contributed by atoms with E-state index in [0.29, 0.717) is 0 Å². The number of hydrogen-bond acceptors (Lipinski definition) is 1. The largest absolute Gasteiger partial charge is 0.450 e. The molecule has 1 aromatic carbocycles. The lowest BCUT2D eigenvalue weighted by Gasteiger charge is -1.99. The van der Waals surface area contributed by atoms with Crippen LogP contribution in [0.1, 0.15) is 11.1 Å². The first-order valence-corrected chi connectivity index (χ1v) is 3.28. The standard InChI is InChI=1S/C8H10BO/c1-6-3-4-8(9-10)5-7(6)2/h3-5,10H,1-2H3. The molecule has 0 aliphatic heterocycles. The van der Waals surface area contributed by atoms with Crippen molar-refractivity contribution in [3.63, 3.8) is 0 Å². The van der Waals surface area contributed by atoms with Gasteiger partial charge in [0.1, 0.15) is 0 Å². The third-order valence-corrected chi connectivity index (χ3v) is 1.68. The van der Waals surface area contributed by atoms with Gasteiger partial charge in [0, 0.05) is 0 Å². The normalized spacial score (nSPS) is 9.50. The predicted octanol–water partition coefficient (Wildman–Crippen LogP) is 0.540. The highest BCUT2D eigenvalue weighted by Crippen LogP contribution is 2.01. The van der Waals surface area contributed by atoms with Gasteiger partial charge in [-0.05, 0) is 25.0 Å². The minimum atomic E-state index is 0.864. The van der Waals surface area contributed by atoms with E-state index in [9.17, 15) is 0 Å². The Morgan fingerprint density at radius 3 is 2.40 bits per heavy atom. The average molecular weight is 133 g/mol. The van der Waals surface area contributed by atoms with Crippen molar-refractivity contribution in [2.75, 3.05) is 0 Å². The van der Waals surface area contributed by atoms with Gasteiger partial charge in [-0.25, -0.2) is 0 Å². The number of hydrogen-bond donors (Lipinski definition) is 1. The minimum Gasteiger partial charge on any atom is -0.450 e. The predicted molar refractivity (Wildman–Crippen MR) is 43.5 cm³/mol. The van der Waals surface area contributed by atoms with Crippen molar-refractivity contribution in [3.05, 3.63) is 29.3 Å². The van der Waals surface area contributed by atoms with E-state index in [1.54, 1.807) is 0 Å². The third kappa shape index (κ3) is 1.39. The van der Waals surface area contributed by atoms with Gasteiger partial charge in [0.15, 0.2) is 0 Å². The SMILES string of the molecule is Cc1ccc([B]O)cc1C. The summed E-state index contributed by atoms with van der Waals surface area (Å²) in [6, 6.07) is 5.84. The Kier molecular flexibility index (Phi) is 2.12. The highest BCUT2D eigenvalue weighted by molar-refractivity contribution is 6.45. The average Bonchev–Trinajstić information content (AvgIpc) is 1.95. The van der Waals surface area contributed by atoms with Gasteiger partial charge >= 0.3 is 7.48 Å². The molecule has 0 unspecified atom stereocenters. The van der Waals surface area contributed by atoms with Crippen molar-refractivity contribution < 1.29 is 5.02 Å². The monoisotopic (exact) mass is 133 g/mol. The quantitative estimate of drug-likeness (QED) is 0.554. The van der Waals surface area contributed by atoms with Crippen LogP contribution >= 0.6 is 0 Å². The van der Waals surface area contributed by atoms with Crippen molar-refractivity contribution in [1.82, 2.24) is 0 Å². The molecule has 10 heavy (non-hydrogen) atoms. The van der Waals surface area contributed by atoms with E-state index < -0.39 is 0 Å². The van der Waals surface area contributed by atoms with Crippen LogP contribution in [0.5, 0.6) is 0 Å². The van der Waals surface area contributed by atoms with Crippen molar-refractivity contribution in [2.24, 2.45) is 0 Å². The molecule has 0 aliphatic carbocycles. The van der Waals surface area contributed by atoms with Gasteiger partial charge in [0.2, 0.25) is 0 Å². The maximum Gasteiger partial charge on any atom is 0.326 e. The fourth-order valence-corrected chi connectivity index (χ4v) is 0.845. The molecule has 0 bridgehead atoms. The molecule has 0 saturated carbocycles. The van der Waals surface area contributed by atoms with Crippen LogP contribution < -0.4 is 5.46 Å². The van der Waals surface area contributed by atoms with Crippen LogP contribution in [0, 0.1) is 13.8 Å². The van der Waals surface area contributed by atoms with Gasteiger partial charge in [-0.1, -0.05) is 23.7 Å². The molecule has 0 atom stereocenters. The van der Waals surface area contributed by atoms with Crippen molar-refractivity contribution in [3.8, 4) is 0 Å². The lowest BCUT2D eigenvalue weighted by Crippen LogP contribution is -2.13. The Balaban J connectivity index is 3.04. The van der Waals surface area contributed by atoms with Gasteiger partial charge in [-0.2, -0.15) is 0 Å². The van der Waals surface area contributed by atoms with E-state index in [1.165, 1.54) is 11.1 Å². The molecule has 0 spiro atoms. The van der Waals surface area contributed by atoms with Crippen LogP contribution in [0.3, 0.4) is 0 Å². The molecular weight excluding hydrogens is 123 g/mol. The summed E-state index contributed by atoms with van der Waals surface area (Å²) in [5.41, 5.74) is 3.33. The highest BCUT2D eigenvalue weighted by atomic mass is 16.2. The van der Waals surface area contributed by atoms with Gasteiger partial charge in [-0.3, -0.25) is 0 Å². The van der Waals surface area contributed by atoms with Gasteiger partial charge < -0.3 is 5.02 Å². The Morgan fingerprint density at radius 1 is 1.20 bits per heavy atom. The number of rotatable bonds is 1. The van der Waals surface area contributed by atoms with Crippen LogP contribution in [0.4, 0.5) is 0 Å². The summed E-state index contributed by atoms with van der Waals surface area (Å²) in [6.45, 7) is 4.08. The van der Waals surface area contributed by atoms with Gasteiger partial charge in [0.25, 0.3) is 0 Å². The van der Waals surface area contributed by atoms with Crippen LogP contribution in [0.25, 0.3) is 0 Å². The molecule has 0 fully saturated rings. The maximum absolute atomic E-state index is 8.63. The third-order valence-electron chi connectivity index (χ3n) is 1.68. The summed E-state index contributed by atoms with van der Waals surface area (Å²) < 4.78 is 0. The molecule has 1 aromatic rings. The fraction of sp³-hybridized carbons (Fsp3) is 0.250. The van der Waals surface area contributed by atoms with E-state index in [4.69, 9.17) is 5.02 Å². The molecule has 0 heterocycles. The van der Waals surface area contributed by atoms with Crippen molar-refractivity contribution >= 4 is 12.9 Å². The zero-order chi connectivity index (χ0) is 7.56. The van der Waals surface area contributed by atoms with Gasteiger partial charge in [-0.15, -0.1) is 0 Å². The van der Waals surface area contributed by atoms with Crippen molar-refractivity contribution in [1.29, 1.82) is 0 Å². The summed E-state index contributed by atoms with van der Waals surface area (Å²) in [5, 5.41) is 8.63. The molecular formula is C8H10BO. The molecule has 1 radical (unpaired) electrons. The lowest BCUT2D eigenvalue weighted by atomic mass is 9.87. The molecule has 0 aliphatic rings. The molecule has 1 N–H and O–H groups in total. The minimum absolute atomic E-state index is 0.864. The molecule has 2 heteroatoms. The zero-order valence-electron chi connectivity index (χ0n) is 6.26. The summed E-state index contributed by atoms with van der Waals surface area (Å²) in [5.74, 6) is 0. The van der Waals surface area contributed by atoms with E-state index in [2.05, 4.69) is 6.92 Å². The fourth-order valence-electron chi connectivity index (χ4n) is 0.845. The zero-order valence-corrected chi connectivity index (χ0v) is 6.26. The molecule has 0 aromatic heterocycles. The first kappa shape index (κ1) is 7.35. The van der Waals surface area contributed by atoms with E-state index in [-0.39, 0.29) is 0 Å². The second-order valence-corrected chi connectivity index (χ2v) is 2.47. The summed E-state index contributed by atoms with van der Waals surface area (Å²) in [4.78, 5) is 0. The first-order chi connectivity index (χ1) is 4.74. The Hall–Kier alpha value is -0.755. The molecule has 0 amide bonds. The van der Waals surface area contributed by atoms with Crippen LogP contribution in [-0.4, -0.2) is 12.5 Å². The number of benzene rings is 1. The summed E-state index contributed by atoms with van der Waals surface area (Å²) >= 11 is 0. The van der Waals surface area contributed by atoms with Gasteiger partial charge in [0.05, 0.1) is 0 Å². The van der Waals surface area contributed by atoms with Crippen LogP contribution in [0.2, 0.25) is 0 Å².